The first-order valence-corrected chi connectivity index (χ1v) is 12.7. The van der Waals surface area contributed by atoms with Gasteiger partial charge >= 0.3 is 0 Å². The minimum Gasteiger partial charge on any atom is -0.491 e. The topological polar surface area (TPSA) is 79.0 Å². The summed E-state index contributed by atoms with van der Waals surface area (Å²) in [6.45, 7) is 8.56. The Bertz CT molecular complexity index is 998. The normalized spacial score (nSPS) is 15.1. The van der Waals surface area contributed by atoms with E-state index >= 15 is 0 Å². The van der Waals surface area contributed by atoms with Gasteiger partial charge in [0.2, 0.25) is 10.0 Å². The monoisotopic (exact) mass is 459 g/mol. The van der Waals surface area contributed by atoms with E-state index < -0.39 is 10.0 Å². The van der Waals surface area contributed by atoms with Crippen LogP contribution in [0, 0.1) is 6.92 Å². The van der Waals surface area contributed by atoms with Crippen molar-refractivity contribution in [3.05, 3.63) is 59.7 Å². The summed E-state index contributed by atoms with van der Waals surface area (Å²) in [5.74, 6) is 0.522. The van der Waals surface area contributed by atoms with Crippen molar-refractivity contribution in [1.29, 1.82) is 0 Å². The maximum absolute atomic E-state index is 12.7. The molecule has 1 heterocycles. The van der Waals surface area contributed by atoms with E-state index in [4.69, 9.17) is 4.74 Å². The Labute approximate surface area is 191 Å². The number of anilines is 1. The third-order valence-corrected chi connectivity index (χ3v) is 7.31. The zero-order valence-electron chi connectivity index (χ0n) is 19.1. The van der Waals surface area contributed by atoms with Crippen LogP contribution in [0.25, 0.3) is 0 Å². The number of sulfonamides is 1. The lowest BCUT2D eigenvalue weighted by molar-refractivity contribution is 0.0953. The third-order valence-electron chi connectivity index (χ3n) is 5.35. The molecule has 2 aromatic carbocycles. The number of benzene rings is 2. The van der Waals surface area contributed by atoms with E-state index in [9.17, 15) is 13.2 Å². The van der Waals surface area contributed by atoms with Gasteiger partial charge in [-0.15, -0.1) is 0 Å². The molecular weight excluding hydrogens is 426 g/mol. The molecule has 0 saturated carbocycles. The number of piperazine rings is 1. The molecule has 0 aromatic heterocycles. The summed E-state index contributed by atoms with van der Waals surface area (Å²) < 4.78 is 32.5. The highest BCUT2D eigenvalue weighted by Crippen LogP contribution is 2.19. The summed E-state index contributed by atoms with van der Waals surface area (Å²) in [7, 11) is -3.34. The molecule has 1 saturated heterocycles. The van der Waals surface area contributed by atoms with Crippen LogP contribution in [0.2, 0.25) is 0 Å². The van der Waals surface area contributed by atoms with Gasteiger partial charge in [0.05, 0.1) is 11.9 Å². The maximum atomic E-state index is 12.7. The van der Waals surface area contributed by atoms with E-state index in [2.05, 4.69) is 35.3 Å². The van der Waals surface area contributed by atoms with Crippen molar-refractivity contribution in [3.63, 3.8) is 0 Å². The molecule has 1 fully saturated rings. The first kappa shape index (κ1) is 24.1. The van der Waals surface area contributed by atoms with Crippen LogP contribution in [0.5, 0.6) is 5.75 Å². The van der Waals surface area contributed by atoms with Crippen molar-refractivity contribution in [2.24, 2.45) is 0 Å². The molecule has 0 unspecified atom stereocenters. The van der Waals surface area contributed by atoms with Crippen molar-refractivity contribution in [2.45, 2.75) is 33.3 Å². The molecule has 1 aliphatic rings. The first-order valence-electron chi connectivity index (χ1n) is 11.1. The predicted octanol–water partition coefficient (Wildman–Crippen LogP) is 3.05. The maximum Gasteiger partial charge on any atom is 0.251 e. The van der Waals surface area contributed by atoms with Gasteiger partial charge in [-0.1, -0.05) is 12.1 Å². The van der Waals surface area contributed by atoms with Crippen LogP contribution in [0.15, 0.2) is 48.5 Å². The summed E-state index contributed by atoms with van der Waals surface area (Å²) >= 11 is 0. The Morgan fingerprint density at radius 2 is 1.75 bits per heavy atom. The Morgan fingerprint density at radius 1 is 1.06 bits per heavy atom. The van der Waals surface area contributed by atoms with Gasteiger partial charge in [0.15, 0.2) is 0 Å². The second-order valence-corrected chi connectivity index (χ2v) is 10.4. The summed E-state index contributed by atoms with van der Waals surface area (Å²) in [4.78, 5) is 14.5. The Morgan fingerprint density at radius 3 is 2.38 bits per heavy atom. The van der Waals surface area contributed by atoms with Gasteiger partial charge in [0, 0.05) is 44.0 Å². The molecule has 174 valence electrons. The first-order chi connectivity index (χ1) is 15.2. The summed E-state index contributed by atoms with van der Waals surface area (Å²) in [5, 5.41) is 2.80. The van der Waals surface area contributed by atoms with E-state index in [1.807, 2.05) is 19.9 Å². The van der Waals surface area contributed by atoms with Gasteiger partial charge in [-0.2, -0.15) is 4.31 Å². The van der Waals surface area contributed by atoms with Crippen molar-refractivity contribution >= 4 is 21.6 Å². The average Bonchev–Trinajstić information content (AvgIpc) is 2.77. The van der Waals surface area contributed by atoms with Crippen LogP contribution in [0.4, 0.5) is 5.69 Å². The smallest absolute Gasteiger partial charge is 0.251 e. The van der Waals surface area contributed by atoms with E-state index in [1.165, 1.54) is 5.56 Å². The van der Waals surface area contributed by atoms with Crippen LogP contribution >= 0.6 is 0 Å². The molecule has 0 atom stereocenters. The zero-order chi connectivity index (χ0) is 23.1. The van der Waals surface area contributed by atoms with Gasteiger partial charge in [0.25, 0.3) is 5.91 Å². The minimum absolute atomic E-state index is 0.0267. The molecule has 7 nitrogen and oxygen atoms in total. The standard InChI is InChI=1S/C24H33N3O4S/c1-19(2)31-23-10-8-21(9-11-23)24(28)25-12-5-17-32(29,30)27-15-13-26(14-16-27)22-7-4-6-20(3)18-22/h4,6-11,18-19H,5,12-17H2,1-3H3,(H,25,28). The van der Waals surface area contributed by atoms with Crippen molar-refractivity contribution < 1.29 is 17.9 Å². The minimum atomic E-state index is -3.34. The molecule has 2 aromatic rings. The van der Waals surface area contributed by atoms with Gasteiger partial charge in [-0.25, -0.2) is 8.42 Å². The van der Waals surface area contributed by atoms with Crippen LogP contribution in [0.1, 0.15) is 36.2 Å². The van der Waals surface area contributed by atoms with Gasteiger partial charge < -0.3 is 15.0 Å². The van der Waals surface area contributed by atoms with E-state index in [-0.39, 0.29) is 17.8 Å². The number of ether oxygens (including phenoxy) is 1. The lowest BCUT2D eigenvalue weighted by Crippen LogP contribution is -2.49. The van der Waals surface area contributed by atoms with Crippen molar-refractivity contribution in [3.8, 4) is 5.75 Å². The highest BCUT2D eigenvalue weighted by Gasteiger charge is 2.26. The summed E-state index contributed by atoms with van der Waals surface area (Å²) in [6.07, 6.45) is 0.447. The SMILES string of the molecule is Cc1cccc(N2CCN(S(=O)(=O)CCCNC(=O)c3ccc(OC(C)C)cc3)CC2)c1. The quantitative estimate of drug-likeness (QED) is 0.583. The van der Waals surface area contributed by atoms with Crippen LogP contribution < -0.4 is 15.0 Å². The Balaban J connectivity index is 1.41. The Kier molecular flexibility index (Phi) is 8.15. The number of amides is 1. The number of hydrogen-bond acceptors (Lipinski definition) is 5. The molecule has 0 spiro atoms. The number of carbonyl (C=O) groups excluding carboxylic acids is 1. The Hall–Kier alpha value is -2.58. The number of hydrogen-bond donors (Lipinski definition) is 1. The molecule has 32 heavy (non-hydrogen) atoms. The number of carbonyl (C=O) groups is 1. The number of rotatable bonds is 9. The lowest BCUT2D eigenvalue weighted by Gasteiger charge is -2.35. The summed E-state index contributed by atoms with van der Waals surface area (Å²) in [5.41, 5.74) is 2.85. The number of nitrogens with one attached hydrogen (secondary N) is 1. The highest BCUT2D eigenvalue weighted by molar-refractivity contribution is 7.89. The van der Waals surface area contributed by atoms with Gasteiger partial charge in [0.1, 0.15) is 5.75 Å². The third kappa shape index (κ3) is 6.71. The molecular formula is C24H33N3O4S. The molecule has 0 aliphatic carbocycles. The van der Waals surface area contributed by atoms with Crippen molar-refractivity contribution in [1.82, 2.24) is 9.62 Å². The van der Waals surface area contributed by atoms with Gasteiger partial charge in [-0.3, -0.25) is 4.79 Å². The fourth-order valence-electron chi connectivity index (χ4n) is 3.69. The molecule has 3 rings (SSSR count). The molecule has 0 bridgehead atoms. The van der Waals surface area contributed by atoms with Crippen molar-refractivity contribution in [2.75, 3.05) is 43.4 Å². The number of nitrogens with zero attached hydrogens (tertiary/aromatic N) is 2. The lowest BCUT2D eigenvalue weighted by atomic mass is 10.2. The molecule has 8 heteroatoms. The number of aryl methyl sites for hydroxylation is 1. The van der Waals surface area contributed by atoms with Crippen LogP contribution in [-0.2, 0) is 10.0 Å². The van der Waals surface area contributed by atoms with Gasteiger partial charge in [-0.05, 0) is 69.2 Å². The highest BCUT2D eigenvalue weighted by atomic mass is 32.2. The van der Waals surface area contributed by atoms with Crippen LogP contribution in [-0.4, -0.2) is 63.2 Å². The van der Waals surface area contributed by atoms with E-state index in [0.29, 0.717) is 50.5 Å². The van der Waals surface area contributed by atoms with E-state index in [1.54, 1.807) is 28.6 Å². The van der Waals surface area contributed by atoms with E-state index in [0.717, 1.165) is 5.69 Å². The predicted molar refractivity (Wildman–Crippen MR) is 128 cm³/mol. The molecule has 1 aliphatic heterocycles. The largest absolute Gasteiger partial charge is 0.491 e. The molecule has 1 N–H and O–H groups in total. The second kappa shape index (κ2) is 10.8. The molecule has 0 radical (unpaired) electrons. The average molecular weight is 460 g/mol. The second-order valence-electron chi connectivity index (χ2n) is 8.34. The zero-order valence-corrected chi connectivity index (χ0v) is 19.9. The fraction of sp³-hybridized carbons (Fsp3) is 0.458. The van der Waals surface area contributed by atoms with Crippen LogP contribution in [0.3, 0.4) is 0 Å². The summed E-state index contributed by atoms with van der Waals surface area (Å²) in [6, 6.07) is 15.2. The fourth-order valence-corrected chi connectivity index (χ4v) is 5.18. The molecule has 1 amide bonds.